The number of likely N-dealkylation sites (tertiary alicyclic amines) is 1. The predicted molar refractivity (Wildman–Crippen MR) is 158 cm³/mol. The van der Waals surface area contributed by atoms with Crippen LogP contribution in [0.1, 0.15) is 63.4 Å². The van der Waals surface area contributed by atoms with E-state index in [0.717, 1.165) is 48.6 Å². The van der Waals surface area contributed by atoms with Gasteiger partial charge < -0.3 is 5.11 Å². The second-order valence-corrected chi connectivity index (χ2v) is 13.6. The van der Waals surface area contributed by atoms with Crippen molar-refractivity contribution in [3.63, 3.8) is 0 Å². The van der Waals surface area contributed by atoms with E-state index in [1.807, 2.05) is 6.08 Å². The standard InChI is InChI=1S/C33H31Cl2FN2O5/c1-33-23(30(41)38(32(33)43)17-7-12-26(36)25(35)13-17)15-22-19(28(33)20-9-8-18(39)14-24(20)34)10-11-21-27(22)31(42)37(29(21)40)16-5-3-2-4-6-16/h7-10,12-14,16,21-23,27-28,39H,2-6,11,15H2,1H3. The molecule has 2 aromatic rings. The van der Waals surface area contributed by atoms with E-state index in [2.05, 4.69) is 0 Å². The second-order valence-electron chi connectivity index (χ2n) is 12.8. The van der Waals surface area contributed by atoms with E-state index in [4.69, 9.17) is 23.2 Å². The van der Waals surface area contributed by atoms with E-state index in [1.165, 1.54) is 29.2 Å². The number of nitrogens with zero attached hydrogens (tertiary/aromatic N) is 2. The van der Waals surface area contributed by atoms with E-state index >= 15 is 0 Å². The first-order valence-electron chi connectivity index (χ1n) is 14.9. The molecule has 0 bridgehead atoms. The van der Waals surface area contributed by atoms with Crippen LogP contribution in [0, 0.1) is 34.9 Å². The molecular formula is C33H31Cl2FN2O5. The number of hydrogen-bond donors (Lipinski definition) is 1. The van der Waals surface area contributed by atoms with Gasteiger partial charge in [-0.1, -0.05) is 60.2 Å². The molecule has 43 heavy (non-hydrogen) atoms. The van der Waals surface area contributed by atoms with Gasteiger partial charge in [0.05, 0.1) is 33.9 Å². The maximum Gasteiger partial charge on any atom is 0.241 e. The van der Waals surface area contributed by atoms with Gasteiger partial charge in [0.25, 0.3) is 0 Å². The summed E-state index contributed by atoms with van der Waals surface area (Å²) < 4.78 is 14.0. The van der Waals surface area contributed by atoms with Crippen LogP contribution in [0.5, 0.6) is 5.75 Å². The van der Waals surface area contributed by atoms with Crippen LogP contribution in [-0.2, 0) is 19.2 Å². The van der Waals surface area contributed by atoms with Gasteiger partial charge in [-0.05, 0) is 74.4 Å². The van der Waals surface area contributed by atoms with Crippen LogP contribution >= 0.6 is 23.2 Å². The fourth-order valence-electron chi connectivity index (χ4n) is 8.70. The monoisotopic (exact) mass is 624 g/mol. The van der Waals surface area contributed by atoms with Crippen molar-refractivity contribution >= 4 is 52.5 Å². The summed E-state index contributed by atoms with van der Waals surface area (Å²) in [5, 5.41) is 10.2. The molecule has 2 aliphatic heterocycles. The highest BCUT2D eigenvalue weighted by Gasteiger charge is 2.68. The molecule has 6 unspecified atom stereocenters. The summed E-state index contributed by atoms with van der Waals surface area (Å²) in [4.78, 5) is 59.1. The molecule has 3 aliphatic carbocycles. The maximum absolute atomic E-state index is 14.4. The van der Waals surface area contributed by atoms with Crippen molar-refractivity contribution < 1.29 is 28.7 Å². The average Bonchev–Trinajstić information content (AvgIpc) is 3.35. The Hall–Kier alpha value is -3.23. The van der Waals surface area contributed by atoms with Crippen LogP contribution in [0.2, 0.25) is 10.0 Å². The van der Waals surface area contributed by atoms with E-state index in [9.17, 15) is 28.7 Å². The van der Waals surface area contributed by atoms with Gasteiger partial charge in [0.1, 0.15) is 11.6 Å². The number of halogens is 3. The highest BCUT2D eigenvalue weighted by atomic mass is 35.5. The Morgan fingerprint density at radius 2 is 1.65 bits per heavy atom. The van der Waals surface area contributed by atoms with E-state index < -0.39 is 52.6 Å². The van der Waals surface area contributed by atoms with Crippen LogP contribution in [-0.4, -0.2) is 39.7 Å². The van der Waals surface area contributed by atoms with Crippen molar-refractivity contribution in [2.45, 2.75) is 63.8 Å². The minimum absolute atomic E-state index is 0.0448. The lowest BCUT2D eigenvalue weighted by molar-refractivity contribution is -0.144. The largest absolute Gasteiger partial charge is 0.508 e. The molecule has 4 fully saturated rings. The van der Waals surface area contributed by atoms with Crippen LogP contribution < -0.4 is 4.90 Å². The highest BCUT2D eigenvalue weighted by Crippen LogP contribution is 2.64. The zero-order valence-electron chi connectivity index (χ0n) is 23.6. The van der Waals surface area contributed by atoms with E-state index in [-0.39, 0.29) is 45.8 Å². The number of rotatable bonds is 3. The first-order valence-corrected chi connectivity index (χ1v) is 15.7. The molecule has 7 rings (SSSR count). The predicted octanol–water partition coefficient (Wildman–Crippen LogP) is 6.40. The van der Waals surface area contributed by atoms with Crippen molar-refractivity contribution in [3.05, 3.63) is 69.5 Å². The fraction of sp³-hybridized carbons (Fsp3) is 0.455. The molecule has 5 aliphatic rings. The summed E-state index contributed by atoms with van der Waals surface area (Å²) in [6.07, 6.45) is 7.20. The minimum Gasteiger partial charge on any atom is -0.508 e. The Labute approximate surface area is 258 Å². The SMILES string of the molecule is CC12C(=O)N(c3ccc(F)c(Cl)c3)C(=O)C1CC1C(=CCC3C(=O)N(C4CCCCC4)C(=O)C31)C2c1ccc(O)cc1Cl. The third-order valence-electron chi connectivity index (χ3n) is 10.7. The van der Waals surface area contributed by atoms with Crippen molar-refractivity contribution in [3.8, 4) is 5.75 Å². The molecule has 0 radical (unpaired) electrons. The summed E-state index contributed by atoms with van der Waals surface area (Å²) in [5.41, 5.74) is 0.238. The zero-order chi connectivity index (χ0) is 30.4. The molecule has 2 aromatic carbocycles. The summed E-state index contributed by atoms with van der Waals surface area (Å²) in [6, 6.07) is 8.18. The molecule has 1 N–H and O–H groups in total. The third-order valence-corrected chi connectivity index (χ3v) is 11.3. The lowest BCUT2D eigenvalue weighted by Crippen LogP contribution is -2.49. The number of benzene rings is 2. The lowest BCUT2D eigenvalue weighted by atomic mass is 9.51. The van der Waals surface area contributed by atoms with Gasteiger partial charge in [0.15, 0.2) is 0 Å². The number of allylic oxidation sites excluding steroid dienone is 2. The number of carbonyl (C=O) groups excluding carboxylic acids is 4. The summed E-state index contributed by atoms with van der Waals surface area (Å²) in [5.74, 6) is -5.11. The van der Waals surface area contributed by atoms with Gasteiger partial charge in [-0.2, -0.15) is 0 Å². The Morgan fingerprint density at radius 1 is 0.907 bits per heavy atom. The number of imide groups is 2. The summed E-state index contributed by atoms with van der Waals surface area (Å²) >= 11 is 12.8. The van der Waals surface area contributed by atoms with Gasteiger partial charge in [-0.15, -0.1) is 0 Å². The maximum atomic E-state index is 14.4. The number of anilines is 1. The number of phenols is 1. The number of carbonyl (C=O) groups is 4. The van der Waals surface area contributed by atoms with Gasteiger partial charge >= 0.3 is 0 Å². The minimum atomic E-state index is -1.30. The van der Waals surface area contributed by atoms with Crippen molar-refractivity contribution in [2.75, 3.05) is 4.90 Å². The highest BCUT2D eigenvalue weighted by molar-refractivity contribution is 6.32. The Bertz CT molecular complexity index is 1620. The van der Waals surface area contributed by atoms with Crippen LogP contribution in [0.15, 0.2) is 48.0 Å². The molecule has 2 saturated carbocycles. The topological polar surface area (TPSA) is 95.0 Å². The van der Waals surface area contributed by atoms with Gasteiger partial charge in [0, 0.05) is 17.0 Å². The second kappa shape index (κ2) is 10.2. The van der Waals surface area contributed by atoms with Crippen molar-refractivity contribution in [1.82, 2.24) is 4.90 Å². The molecule has 7 nitrogen and oxygen atoms in total. The quantitative estimate of drug-likeness (QED) is 0.315. The Balaban J connectivity index is 1.36. The number of fused-ring (bicyclic) bond motifs is 4. The van der Waals surface area contributed by atoms with Crippen LogP contribution in [0.3, 0.4) is 0 Å². The third kappa shape index (κ3) is 4.05. The van der Waals surface area contributed by atoms with Crippen molar-refractivity contribution in [1.29, 1.82) is 0 Å². The number of phenolic OH excluding ortho intramolecular Hbond substituents is 1. The number of hydrogen-bond acceptors (Lipinski definition) is 5. The molecule has 4 amide bonds. The molecule has 0 spiro atoms. The first-order chi connectivity index (χ1) is 20.5. The van der Waals surface area contributed by atoms with Crippen LogP contribution in [0.25, 0.3) is 0 Å². The Kier molecular flexibility index (Phi) is 6.74. The molecular weight excluding hydrogens is 594 g/mol. The number of amides is 4. The fourth-order valence-corrected chi connectivity index (χ4v) is 9.16. The van der Waals surface area contributed by atoms with E-state index in [1.54, 1.807) is 13.0 Å². The molecule has 224 valence electrons. The van der Waals surface area contributed by atoms with Gasteiger partial charge in [-0.3, -0.25) is 24.1 Å². The molecule has 2 saturated heterocycles. The smallest absolute Gasteiger partial charge is 0.241 e. The van der Waals surface area contributed by atoms with E-state index in [0.29, 0.717) is 12.0 Å². The summed E-state index contributed by atoms with van der Waals surface area (Å²) in [6.45, 7) is 1.75. The number of aromatic hydroxyl groups is 1. The zero-order valence-corrected chi connectivity index (χ0v) is 25.1. The molecule has 10 heteroatoms. The molecule has 0 aromatic heterocycles. The Morgan fingerprint density at radius 3 is 2.35 bits per heavy atom. The normalized spacial score (nSPS) is 32.6. The first kappa shape index (κ1) is 28.5. The lowest BCUT2D eigenvalue weighted by Gasteiger charge is -2.49. The molecule has 6 atom stereocenters. The van der Waals surface area contributed by atoms with Gasteiger partial charge in [0.2, 0.25) is 23.6 Å². The summed E-state index contributed by atoms with van der Waals surface area (Å²) in [7, 11) is 0. The average molecular weight is 626 g/mol. The van der Waals surface area contributed by atoms with Crippen LogP contribution in [0.4, 0.5) is 10.1 Å². The van der Waals surface area contributed by atoms with Crippen molar-refractivity contribution in [2.24, 2.45) is 29.1 Å². The molecule has 2 heterocycles. The van der Waals surface area contributed by atoms with Gasteiger partial charge in [-0.25, -0.2) is 9.29 Å².